The van der Waals surface area contributed by atoms with Crippen LogP contribution in [0, 0.1) is 0 Å². The second kappa shape index (κ2) is 6.31. The van der Waals surface area contributed by atoms with Crippen LogP contribution in [0.25, 0.3) is 0 Å². The zero-order chi connectivity index (χ0) is 23.6. The van der Waals surface area contributed by atoms with Gasteiger partial charge in [0.2, 0.25) is 0 Å². The maximum absolute atomic E-state index is 12.8. The molecule has 0 saturated heterocycles. The molecule has 0 aliphatic rings. The van der Waals surface area contributed by atoms with Crippen LogP contribution in [-0.2, 0) is 0 Å². The van der Waals surface area contributed by atoms with E-state index in [1.54, 1.807) is 0 Å². The Labute approximate surface area is 138 Å². The Bertz CT molecular complexity index is 515. The average molecular weight is 471 g/mol. The summed E-state index contributed by atoms with van der Waals surface area (Å²) in [7, 11) is 0. The minimum Gasteiger partial charge on any atom is -0.191 e. The summed E-state index contributed by atoms with van der Waals surface area (Å²) in [4.78, 5) is 0. The third kappa shape index (κ3) is 3.29. The van der Waals surface area contributed by atoms with Gasteiger partial charge in [-0.2, -0.15) is 79.0 Å². The minimum absolute atomic E-state index is 4.93. The lowest BCUT2D eigenvalue weighted by Gasteiger charge is -2.41. The Morgan fingerprint density at radius 1 is 0.321 bits per heavy atom. The standard InChI is InChI=1S/C8F19N/c9-1(10,5(17,18)19)3(13,14)7(23,24)28(27)8(25,26)4(15,16)2(11,12)6(20,21)22. The van der Waals surface area contributed by atoms with Gasteiger partial charge in [0.15, 0.2) is 0 Å². The van der Waals surface area contributed by atoms with E-state index in [4.69, 9.17) is 0 Å². The maximum Gasteiger partial charge on any atom is 0.460 e. The maximum atomic E-state index is 12.8. The molecular weight excluding hydrogens is 471 g/mol. The fourth-order valence-corrected chi connectivity index (χ4v) is 1.16. The van der Waals surface area contributed by atoms with Gasteiger partial charge in [0, 0.05) is 0 Å². The molecule has 0 unspecified atom stereocenters. The summed E-state index contributed by atoms with van der Waals surface area (Å²) in [5.74, 6) is -33.1. The van der Waals surface area contributed by atoms with Crippen LogP contribution in [0.1, 0.15) is 0 Å². The van der Waals surface area contributed by atoms with Crippen molar-refractivity contribution in [1.29, 1.82) is 0 Å². The van der Waals surface area contributed by atoms with Gasteiger partial charge in [-0.05, 0) is 5.12 Å². The molecule has 0 spiro atoms. The Balaban J connectivity index is 6.50. The number of hydrogen-bond acceptors (Lipinski definition) is 1. The van der Waals surface area contributed by atoms with E-state index in [9.17, 15) is 83.5 Å². The van der Waals surface area contributed by atoms with Gasteiger partial charge in [-0.15, -0.1) is 4.48 Å². The summed E-state index contributed by atoms with van der Waals surface area (Å²) < 4.78 is 234. The predicted octanol–water partition coefficient (Wildman–Crippen LogP) is 6.02. The van der Waals surface area contributed by atoms with E-state index < -0.39 is 53.3 Å². The van der Waals surface area contributed by atoms with Gasteiger partial charge in [-0.25, -0.2) is 0 Å². The van der Waals surface area contributed by atoms with Crippen LogP contribution in [-0.4, -0.2) is 53.3 Å². The van der Waals surface area contributed by atoms with Gasteiger partial charge in [0.05, 0.1) is 0 Å². The summed E-state index contributed by atoms with van der Waals surface area (Å²) in [6, 6.07) is -16.8. The van der Waals surface area contributed by atoms with Crippen LogP contribution >= 0.6 is 0 Å². The van der Waals surface area contributed by atoms with Crippen LogP contribution in [0.2, 0.25) is 0 Å². The first-order valence-electron chi connectivity index (χ1n) is 5.52. The molecule has 0 aromatic rings. The molecule has 20 heteroatoms. The highest BCUT2D eigenvalue weighted by molar-refractivity contribution is 5.04. The van der Waals surface area contributed by atoms with Gasteiger partial charge >= 0.3 is 48.1 Å². The zero-order valence-corrected chi connectivity index (χ0v) is 11.6. The molecule has 1 nitrogen and oxygen atoms in total. The SMILES string of the molecule is FN(C(F)(F)C(F)(F)C(F)(F)C(F)(F)F)C(F)(F)C(F)(F)C(F)(F)C(F)(F)F. The Hall–Kier alpha value is -1.37. The van der Waals surface area contributed by atoms with Crippen LogP contribution in [0.3, 0.4) is 0 Å². The predicted molar refractivity (Wildman–Crippen MR) is 44.7 cm³/mol. The molecule has 0 N–H and O–H groups in total. The van der Waals surface area contributed by atoms with Gasteiger partial charge in [0.1, 0.15) is 0 Å². The smallest absolute Gasteiger partial charge is 0.191 e. The monoisotopic (exact) mass is 471 g/mol. The Morgan fingerprint density at radius 3 is 0.643 bits per heavy atom. The van der Waals surface area contributed by atoms with Gasteiger partial charge < -0.3 is 0 Å². The molecule has 0 atom stereocenters. The molecule has 28 heavy (non-hydrogen) atoms. The number of rotatable bonds is 6. The minimum atomic E-state index is -8.40. The molecule has 0 aromatic heterocycles. The first kappa shape index (κ1) is 26.6. The van der Waals surface area contributed by atoms with E-state index >= 15 is 0 Å². The third-order valence-corrected chi connectivity index (χ3v) is 2.75. The van der Waals surface area contributed by atoms with Gasteiger partial charge in [0.25, 0.3) is 0 Å². The highest BCUT2D eigenvalue weighted by Crippen LogP contribution is 2.60. The van der Waals surface area contributed by atoms with E-state index in [2.05, 4.69) is 0 Å². The van der Waals surface area contributed by atoms with Crippen LogP contribution in [0.15, 0.2) is 0 Å². The molecule has 0 saturated carbocycles. The Morgan fingerprint density at radius 2 is 0.500 bits per heavy atom. The number of alkyl halides is 18. The summed E-state index contributed by atoms with van der Waals surface area (Å²) in [6.07, 6.45) is -15.5. The molecule has 0 aliphatic carbocycles. The van der Waals surface area contributed by atoms with E-state index in [1.165, 1.54) is 0 Å². The van der Waals surface area contributed by atoms with Crippen molar-refractivity contribution in [3.63, 3.8) is 0 Å². The molecule has 0 rings (SSSR count). The summed E-state index contributed by atoms with van der Waals surface area (Å²) in [6.45, 7) is 0. The molecular formula is C8F19N. The fraction of sp³-hybridized carbons (Fsp3) is 1.00. The second-order valence-electron chi connectivity index (χ2n) is 4.66. The van der Waals surface area contributed by atoms with Crippen molar-refractivity contribution in [3.05, 3.63) is 0 Å². The Kier molecular flexibility index (Phi) is 6.00. The average Bonchev–Trinajstić information content (AvgIpc) is 2.42. The highest BCUT2D eigenvalue weighted by atomic mass is 19.4. The van der Waals surface area contributed by atoms with E-state index in [1.807, 2.05) is 0 Å². The molecule has 0 fully saturated rings. The highest BCUT2D eigenvalue weighted by Gasteiger charge is 2.90. The van der Waals surface area contributed by atoms with Crippen molar-refractivity contribution < 1.29 is 83.5 Å². The molecule has 170 valence electrons. The quantitative estimate of drug-likeness (QED) is 0.260. The lowest BCUT2D eigenvalue weighted by atomic mass is 10.1. The van der Waals surface area contributed by atoms with Gasteiger partial charge in [-0.3, -0.25) is 0 Å². The van der Waals surface area contributed by atoms with E-state index in [-0.39, 0.29) is 0 Å². The molecule has 0 aliphatic heterocycles. The third-order valence-electron chi connectivity index (χ3n) is 2.75. The topological polar surface area (TPSA) is 3.24 Å². The second-order valence-corrected chi connectivity index (χ2v) is 4.66. The molecule has 0 radical (unpaired) electrons. The molecule has 0 amide bonds. The first-order chi connectivity index (χ1) is 11.7. The number of hydrogen-bond donors (Lipinski definition) is 0. The normalized spacial score (nSPS) is 16.7. The molecule has 0 heterocycles. The van der Waals surface area contributed by atoms with Crippen molar-refractivity contribution >= 4 is 0 Å². The van der Waals surface area contributed by atoms with Gasteiger partial charge in [-0.1, -0.05) is 0 Å². The number of halogens is 19. The largest absolute Gasteiger partial charge is 0.460 e. The van der Waals surface area contributed by atoms with Crippen molar-refractivity contribution in [1.82, 2.24) is 5.12 Å². The van der Waals surface area contributed by atoms with Crippen LogP contribution < -0.4 is 0 Å². The van der Waals surface area contributed by atoms with Crippen molar-refractivity contribution in [2.75, 3.05) is 0 Å². The summed E-state index contributed by atoms with van der Waals surface area (Å²) in [5, 5.41) is -4.93. The lowest BCUT2D eigenvalue weighted by molar-refractivity contribution is -0.502. The van der Waals surface area contributed by atoms with E-state index in [0.717, 1.165) is 0 Å². The zero-order valence-electron chi connectivity index (χ0n) is 11.6. The number of nitrogens with zero attached hydrogens (tertiary/aromatic N) is 1. The van der Waals surface area contributed by atoms with Crippen molar-refractivity contribution in [2.45, 2.75) is 48.1 Å². The summed E-state index contributed by atoms with van der Waals surface area (Å²) in [5.41, 5.74) is 0. The van der Waals surface area contributed by atoms with Crippen molar-refractivity contribution in [3.8, 4) is 0 Å². The van der Waals surface area contributed by atoms with Crippen molar-refractivity contribution in [2.24, 2.45) is 0 Å². The fourth-order valence-electron chi connectivity index (χ4n) is 1.16. The summed E-state index contributed by atoms with van der Waals surface area (Å²) >= 11 is 0. The first-order valence-corrected chi connectivity index (χ1v) is 5.52. The van der Waals surface area contributed by atoms with E-state index in [0.29, 0.717) is 0 Å². The lowest BCUT2D eigenvalue weighted by Crippen LogP contribution is -2.72. The molecule has 0 bridgehead atoms. The van der Waals surface area contributed by atoms with Crippen LogP contribution in [0.5, 0.6) is 0 Å². The molecule has 0 aromatic carbocycles. The van der Waals surface area contributed by atoms with Crippen LogP contribution in [0.4, 0.5) is 83.5 Å².